The maximum absolute atomic E-state index is 13.2. The van der Waals surface area contributed by atoms with Gasteiger partial charge in [0.15, 0.2) is 0 Å². The fourth-order valence-corrected chi connectivity index (χ4v) is 4.73. The molecule has 1 atom stereocenters. The number of nitrogens with one attached hydrogen (secondary N) is 1. The van der Waals surface area contributed by atoms with E-state index >= 15 is 0 Å². The Morgan fingerprint density at radius 3 is 2.73 bits per heavy atom. The predicted molar refractivity (Wildman–Crippen MR) is 148 cm³/mol. The predicted octanol–water partition coefficient (Wildman–Crippen LogP) is 5.10. The first-order valence-electron chi connectivity index (χ1n) is 12.6. The van der Waals surface area contributed by atoms with Crippen LogP contribution >= 0.6 is 11.6 Å². The number of aryl methyl sites for hydroxylation is 1. The van der Waals surface area contributed by atoms with Gasteiger partial charge in [0.05, 0.1) is 22.1 Å². The summed E-state index contributed by atoms with van der Waals surface area (Å²) in [6, 6.07) is 8.88. The topological polar surface area (TPSA) is 83.4 Å². The van der Waals surface area contributed by atoms with Crippen LogP contribution in [0.25, 0.3) is 11.0 Å². The van der Waals surface area contributed by atoms with Gasteiger partial charge in [-0.05, 0) is 78.4 Å². The Bertz CT molecular complexity index is 1330. The van der Waals surface area contributed by atoms with Crippen molar-refractivity contribution in [3.63, 3.8) is 0 Å². The summed E-state index contributed by atoms with van der Waals surface area (Å²) in [7, 11) is 3.99. The van der Waals surface area contributed by atoms with Gasteiger partial charge in [-0.25, -0.2) is 4.98 Å². The number of para-hydroxylation sites is 1. The summed E-state index contributed by atoms with van der Waals surface area (Å²) in [6.07, 6.45) is 7.93. The number of pyridine rings is 1. The summed E-state index contributed by atoms with van der Waals surface area (Å²) in [4.78, 5) is 39.2. The van der Waals surface area contributed by atoms with E-state index in [1.165, 1.54) is 0 Å². The Balaban J connectivity index is 1.68. The van der Waals surface area contributed by atoms with Gasteiger partial charge in [-0.2, -0.15) is 0 Å². The van der Waals surface area contributed by atoms with Crippen LogP contribution < -0.4 is 5.32 Å². The van der Waals surface area contributed by atoms with E-state index < -0.39 is 0 Å². The number of amides is 2. The zero-order chi connectivity index (χ0) is 26.7. The third-order valence-electron chi connectivity index (χ3n) is 7.15. The zero-order valence-corrected chi connectivity index (χ0v) is 22.9. The van der Waals surface area contributed by atoms with Gasteiger partial charge in [-0.3, -0.25) is 19.9 Å². The first-order chi connectivity index (χ1) is 17.6. The fourth-order valence-electron chi connectivity index (χ4n) is 4.47. The molecule has 0 radical (unpaired) electrons. The highest BCUT2D eigenvalue weighted by molar-refractivity contribution is 6.35. The lowest BCUT2D eigenvalue weighted by molar-refractivity contribution is -0.126. The molecule has 2 amide bonds. The molecule has 3 aromatic rings. The number of hydrogen-bond donors (Lipinski definition) is 1. The van der Waals surface area contributed by atoms with Crippen molar-refractivity contribution >= 4 is 40.4 Å². The van der Waals surface area contributed by atoms with E-state index in [0.29, 0.717) is 35.1 Å². The molecule has 4 rings (SSSR count). The van der Waals surface area contributed by atoms with Crippen LogP contribution in [-0.4, -0.2) is 68.9 Å². The standard InChI is InChI=1S/C28H35ClN6O2/c1-19-17-20(13-15-30-19)26(37)32-27-31-23-11-8-10-22(29)25(23)35(27)21-9-6-7-16-34(18-21)24(36)12-14-28(2,3)33(4)5/h8,10-15,17,21H,6-7,9,16,18H2,1-5H3,(H,31,32,37)/t21-/m1/s1. The SMILES string of the molecule is Cc1cc(C(=O)Nc2nc3cccc(Cl)c3n2[C@@H]2CCCCN(C(=O)C=CC(C)(C)N(C)C)C2)ccn1. The van der Waals surface area contributed by atoms with Crippen molar-refractivity contribution in [2.45, 2.75) is 51.6 Å². The van der Waals surface area contributed by atoms with Crippen LogP contribution in [-0.2, 0) is 4.79 Å². The molecule has 8 nitrogen and oxygen atoms in total. The van der Waals surface area contributed by atoms with Gasteiger partial charge in [-0.15, -0.1) is 0 Å². The molecule has 9 heteroatoms. The number of carbonyl (C=O) groups excluding carboxylic acids is 2. The minimum Gasteiger partial charge on any atom is -0.337 e. The molecule has 1 aliphatic heterocycles. The second kappa shape index (κ2) is 11.0. The number of likely N-dealkylation sites (N-methyl/N-ethyl adjacent to an activating group) is 1. The van der Waals surface area contributed by atoms with E-state index in [-0.39, 0.29) is 23.4 Å². The van der Waals surface area contributed by atoms with E-state index in [0.717, 1.165) is 30.5 Å². The number of nitrogens with zero attached hydrogens (tertiary/aromatic N) is 5. The molecule has 0 spiro atoms. The summed E-state index contributed by atoms with van der Waals surface area (Å²) in [6.45, 7) is 7.17. The molecule has 1 aliphatic rings. The van der Waals surface area contributed by atoms with Crippen LogP contribution in [0.2, 0.25) is 5.02 Å². The Labute approximate surface area is 223 Å². The number of benzene rings is 1. The average Bonchev–Trinajstić information content (AvgIpc) is 3.04. The molecule has 0 aliphatic carbocycles. The number of anilines is 1. The van der Waals surface area contributed by atoms with Gasteiger partial charge >= 0.3 is 0 Å². The molecule has 37 heavy (non-hydrogen) atoms. The summed E-state index contributed by atoms with van der Waals surface area (Å²) in [5, 5.41) is 3.55. The van der Waals surface area contributed by atoms with Crippen LogP contribution in [0.4, 0.5) is 5.95 Å². The van der Waals surface area contributed by atoms with E-state index in [4.69, 9.17) is 16.6 Å². The summed E-state index contributed by atoms with van der Waals surface area (Å²) >= 11 is 6.66. The van der Waals surface area contributed by atoms with Gasteiger partial charge < -0.3 is 14.4 Å². The maximum atomic E-state index is 13.2. The molecule has 3 heterocycles. The quantitative estimate of drug-likeness (QED) is 0.456. The Hall–Kier alpha value is -3.23. The monoisotopic (exact) mass is 522 g/mol. The zero-order valence-electron chi connectivity index (χ0n) is 22.2. The van der Waals surface area contributed by atoms with Crippen LogP contribution in [0.3, 0.4) is 0 Å². The van der Waals surface area contributed by atoms with Crippen molar-refractivity contribution in [1.82, 2.24) is 24.3 Å². The average molecular weight is 523 g/mol. The highest BCUT2D eigenvalue weighted by Crippen LogP contribution is 2.34. The van der Waals surface area contributed by atoms with Gasteiger partial charge in [0.2, 0.25) is 11.9 Å². The van der Waals surface area contributed by atoms with Gasteiger partial charge in [0.1, 0.15) is 0 Å². The summed E-state index contributed by atoms with van der Waals surface area (Å²) in [5.74, 6) is 0.134. The van der Waals surface area contributed by atoms with E-state index in [9.17, 15) is 9.59 Å². The van der Waals surface area contributed by atoms with E-state index in [1.54, 1.807) is 24.4 Å². The van der Waals surface area contributed by atoms with E-state index in [1.807, 2.05) is 54.8 Å². The number of hydrogen-bond acceptors (Lipinski definition) is 5. The summed E-state index contributed by atoms with van der Waals surface area (Å²) in [5.41, 5.74) is 2.48. The van der Waals surface area contributed by atoms with Crippen molar-refractivity contribution < 1.29 is 9.59 Å². The lowest BCUT2D eigenvalue weighted by Gasteiger charge is -2.30. The van der Waals surface area contributed by atoms with Gasteiger partial charge in [-0.1, -0.05) is 23.7 Å². The minimum atomic E-state index is -0.270. The molecule has 2 aromatic heterocycles. The maximum Gasteiger partial charge on any atom is 0.258 e. The molecule has 1 aromatic carbocycles. The van der Waals surface area contributed by atoms with Crippen molar-refractivity contribution in [2.75, 3.05) is 32.5 Å². The highest BCUT2D eigenvalue weighted by atomic mass is 35.5. The number of fused-ring (bicyclic) bond motifs is 1. The van der Waals surface area contributed by atoms with Crippen LogP contribution in [0.5, 0.6) is 0 Å². The molecule has 0 saturated carbocycles. The van der Waals surface area contributed by atoms with Crippen molar-refractivity contribution in [3.8, 4) is 0 Å². The van der Waals surface area contributed by atoms with Crippen LogP contribution in [0.15, 0.2) is 48.7 Å². The molecular formula is C28H35ClN6O2. The second-order valence-electron chi connectivity index (χ2n) is 10.4. The molecule has 0 unspecified atom stereocenters. The molecular weight excluding hydrogens is 488 g/mol. The lowest BCUT2D eigenvalue weighted by Crippen LogP contribution is -2.38. The summed E-state index contributed by atoms with van der Waals surface area (Å²) < 4.78 is 2.00. The van der Waals surface area contributed by atoms with Crippen LogP contribution in [0.1, 0.15) is 55.2 Å². The third-order valence-corrected chi connectivity index (χ3v) is 7.46. The molecule has 1 fully saturated rings. The van der Waals surface area contributed by atoms with E-state index in [2.05, 4.69) is 29.0 Å². The number of imidazole rings is 1. The first kappa shape index (κ1) is 26.8. The minimum absolute atomic E-state index is 0.0183. The molecule has 1 N–H and O–H groups in total. The van der Waals surface area contributed by atoms with Gasteiger partial charge in [0.25, 0.3) is 5.91 Å². The van der Waals surface area contributed by atoms with Crippen molar-refractivity contribution in [2.24, 2.45) is 0 Å². The van der Waals surface area contributed by atoms with Gasteiger partial charge in [0, 0.05) is 42.2 Å². The number of aromatic nitrogens is 3. The Morgan fingerprint density at radius 1 is 1.22 bits per heavy atom. The number of rotatable bonds is 6. The molecule has 0 bridgehead atoms. The Kier molecular flexibility index (Phi) is 7.99. The lowest BCUT2D eigenvalue weighted by atomic mass is 10.0. The second-order valence-corrected chi connectivity index (χ2v) is 10.8. The van der Waals surface area contributed by atoms with Crippen molar-refractivity contribution in [1.29, 1.82) is 0 Å². The number of likely N-dealkylation sites (tertiary alicyclic amines) is 1. The largest absolute Gasteiger partial charge is 0.337 e. The number of halogens is 1. The molecule has 196 valence electrons. The number of carbonyl (C=O) groups is 2. The Morgan fingerprint density at radius 2 is 2.00 bits per heavy atom. The highest BCUT2D eigenvalue weighted by Gasteiger charge is 2.28. The first-order valence-corrected chi connectivity index (χ1v) is 13.0. The fraction of sp³-hybridized carbons (Fsp3) is 0.429. The molecule has 1 saturated heterocycles. The van der Waals surface area contributed by atoms with Crippen LogP contribution in [0, 0.1) is 6.92 Å². The smallest absolute Gasteiger partial charge is 0.258 e. The third kappa shape index (κ3) is 6.02. The van der Waals surface area contributed by atoms with Crippen molar-refractivity contribution in [3.05, 3.63) is 65.0 Å². The normalized spacial score (nSPS) is 16.9.